The molecule has 0 saturated carbocycles. The van der Waals surface area contributed by atoms with Crippen molar-refractivity contribution in [1.29, 1.82) is 0 Å². The Hall–Kier alpha value is -1.50. The first-order chi connectivity index (χ1) is 9.29. The second kappa shape index (κ2) is 7.18. The summed E-state index contributed by atoms with van der Waals surface area (Å²) in [5, 5.41) is 2.52. The van der Waals surface area contributed by atoms with Gasteiger partial charge in [-0.05, 0) is 42.7 Å². The third kappa shape index (κ3) is 4.27. The fourth-order valence-corrected chi connectivity index (χ4v) is 2.39. The van der Waals surface area contributed by atoms with Crippen LogP contribution in [0.25, 0.3) is 10.8 Å². The van der Waals surface area contributed by atoms with Crippen LogP contribution in [0.4, 0.5) is 0 Å². The van der Waals surface area contributed by atoms with Gasteiger partial charge in [-0.2, -0.15) is 0 Å². The smallest absolute Gasteiger partial charge is 0.120 e. The van der Waals surface area contributed by atoms with Crippen molar-refractivity contribution in [2.24, 2.45) is 0 Å². The van der Waals surface area contributed by atoms with Gasteiger partial charge in [0.25, 0.3) is 0 Å². The molecular formula is C18H24O. The number of hydrogen-bond donors (Lipinski definition) is 0. The predicted molar refractivity (Wildman–Crippen MR) is 82.8 cm³/mol. The average Bonchev–Trinajstić information content (AvgIpc) is 2.43. The lowest BCUT2D eigenvalue weighted by Gasteiger charge is -2.15. The summed E-state index contributed by atoms with van der Waals surface area (Å²) in [6.45, 7) is 4.41. The maximum atomic E-state index is 6.00. The Morgan fingerprint density at radius 3 is 2.53 bits per heavy atom. The number of ether oxygens (including phenoxy) is 1. The molecule has 0 heterocycles. The van der Waals surface area contributed by atoms with Crippen LogP contribution >= 0.6 is 0 Å². The van der Waals surface area contributed by atoms with Crippen molar-refractivity contribution in [2.45, 2.75) is 52.1 Å². The van der Waals surface area contributed by atoms with Gasteiger partial charge in [0.1, 0.15) is 5.75 Å². The van der Waals surface area contributed by atoms with E-state index in [0.717, 1.165) is 12.2 Å². The first-order valence-electron chi connectivity index (χ1n) is 7.45. The zero-order valence-electron chi connectivity index (χ0n) is 12.1. The highest BCUT2D eigenvalue weighted by Gasteiger charge is 2.04. The molecule has 0 fully saturated rings. The normalized spacial score (nSPS) is 12.5. The Morgan fingerprint density at radius 2 is 1.74 bits per heavy atom. The highest BCUT2D eigenvalue weighted by atomic mass is 16.5. The van der Waals surface area contributed by atoms with E-state index in [0.29, 0.717) is 6.10 Å². The fourth-order valence-electron chi connectivity index (χ4n) is 2.39. The Labute approximate surface area is 116 Å². The van der Waals surface area contributed by atoms with Crippen molar-refractivity contribution in [3.05, 3.63) is 42.5 Å². The molecule has 19 heavy (non-hydrogen) atoms. The molecule has 0 aromatic heterocycles. The largest absolute Gasteiger partial charge is 0.491 e. The fraction of sp³-hybridized carbons (Fsp3) is 0.444. The predicted octanol–water partition coefficient (Wildman–Crippen LogP) is 5.58. The van der Waals surface area contributed by atoms with E-state index in [1.165, 1.54) is 36.5 Å². The van der Waals surface area contributed by atoms with Crippen LogP contribution < -0.4 is 4.74 Å². The molecular weight excluding hydrogens is 232 g/mol. The molecule has 1 unspecified atom stereocenters. The van der Waals surface area contributed by atoms with Gasteiger partial charge in [-0.1, -0.05) is 56.5 Å². The molecule has 0 spiro atoms. The van der Waals surface area contributed by atoms with Gasteiger partial charge < -0.3 is 4.74 Å². The maximum Gasteiger partial charge on any atom is 0.120 e. The van der Waals surface area contributed by atoms with Gasteiger partial charge in [0, 0.05) is 0 Å². The average molecular weight is 256 g/mol. The molecule has 0 bridgehead atoms. The van der Waals surface area contributed by atoms with Crippen molar-refractivity contribution in [1.82, 2.24) is 0 Å². The highest BCUT2D eigenvalue weighted by molar-refractivity contribution is 5.83. The van der Waals surface area contributed by atoms with E-state index in [4.69, 9.17) is 4.74 Å². The lowest BCUT2D eigenvalue weighted by atomic mass is 10.1. The van der Waals surface area contributed by atoms with Crippen LogP contribution in [0.5, 0.6) is 5.75 Å². The molecule has 0 amide bonds. The minimum atomic E-state index is 0.304. The van der Waals surface area contributed by atoms with Crippen LogP contribution in [0.3, 0.4) is 0 Å². The van der Waals surface area contributed by atoms with Crippen LogP contribution in [0, 0.1) is 0 Å². The summed E-state index contributed by atoms with van der Waals surface area (Å²) < 4.78 is 6.00. The molecule has 0 aliphatic carbocycles. The summed E-state index contributed by atoms with van der Waals surface area (Å²) in [6, 6.07) is 14.7. The van der Waals surface area contributed by atoms with E-state index >= 15 is 0 Å². The molecule has 2 aromatic rings. The summed E-state index contributed by atoms with van der Waals surface area (Å²) in [4.78, 5) is 0. The molecule has 0 aliphatic rings. The molecule has 2 aromatic carbocycles. The minimum absolute atomic E-state index is 0.304. The Bertz CT molecular complexity index is 504. The van der Waals surface area contributed by atoms with Crippen molar-refractivity contribution < 1.29 is 4.74 Å². The van der Waals surface area contributed by atoms with Crippen molar-refractivity contribution >= 4 is 10.8 Å². The van der Waals surface area contributed by atoms with E-state index in [1.807, 2.05) is 0 Å². The summed E-state index contributed by atoms with van der Waals surface area (Å²) in [5.74, 6) is 0.988. The third-order valence-electron chi connectivity index (χ3n) is 3.52. The molecule has 1 nitrogen and oxygen atoms in total. The number of unbranched alkanes of at least 4 members (excludes halogenated alkanes) is 3. The highest BCUT2D eigenvalue weighted by Crippen LogP contribution is 2.22. The van der Waals surface area contributed by atoms with Crippen LogP contribution in [-0.4, -0.2) is 6.10 Å². The van der Waals surface area contributed by atoms with Gasteiger partial charge in [-0.25, -0.2) is 0 Å². The quantitative estimate of drug-likeness (QED) is 0.588. The molecule has 0 aliphatic heterocycles. The van der Waals surface area contributed by atoms with Crippen molar-refractivity contribution in [2.75, 3.05) is 0 Å². The first kappa shape index (κ1) is 13.9. The first-order valence-corrected chi connectivity index (χ1v) is 7.45. The van der Waals surface area contributed by atoms with E-state index < -0.39 is 0 Å². The van der Waals surface area contributed by atoms with E-state index in [9.17, 15) is 0 Å². The van der Waals surface area contributed by atoms with Crippen molar-refractivity contribution in [3.8, 4) is 5.75 Å². The standard InChI is InChI=1S/C18H24O/c1-3-4-5-6-9-15(2)19-18-13-12-16-10-7-8-11-17(16)14-18/h7-8,10-15H,3-6,9H2,1-2H3. The van der Waals surface area contributed by atoms with E-state index in [2.05, 4.69) is 56.3 Å². The Morgan fingerprint density at radius 1 is 0.947 bits per heavy atom. The molecule has 1 atom stereocenters. The molecule has 0 radical (unpaired) electrons. The molecule has 102 valence electrons. The number of rotatable bonds is 7. The van der Waals surface area contributed by atoms with Gasteiger partial charge in [-0.15, -0.1) is 0 Å². The van der Waals surface area contributed by atoms with Crippen LogP contribution in [0.1, 0.15) is 46.0 Å². The Kier molecular flexibility index (Phi) is 5.26. The van der Waals surface area contributed by atoms with E-state index in [-0.39, 0.29) is 0 Å². The topological polar surface area (TPSA) is 9.23 Å². The summed E-state index contributed by atoms with van der Waals surface area (Å²) in [7, 11) is 0. The Balaban J connectivity index is 1.89. The maximum absolute atomic E-state index is 6.00. The van der Waals surface area contributed by atoms with E-state index in [1.54, 1.807) is 0 Å². The summed E-state index contributed by atoms with van der Waals surface area (Å²) >= 11 is 0. The van der Waals surface area contributed by atoms with Crippen LogP contribution in [0.2, 0.25) is 0 Å². The molecule has 0 N–H and O–H groups in total. The number of hydrogen-bond acceptors (Lipinski definition) is 1. The van der Waals surface area contributed by atoms with Crippen LogP contribution in [-0.2, 0) is 0 Å². The number of fused-ring (bicyclic) bond motifs is 1. The van der Waals surface area contributed by atoms with Gasteiger partial charge in [-0.3, -0.25) is 0 Å². The van der Waals surface area contributed by atoms with Gasteiger partial charge in [0.15, 0.2) is 0 Å². The SMILES string of the molecule is CCCCCCC(C)Oc1ccc2ccccc2c1. The lowest BCUT2D eigenvalue weighted by Crippen LogP contribution is -2.11. The summed E-state index contributed by atoms with van der Waals surface area (Å²) in [6.07, 6.45) is 6.66. The van der Waals surface area contributed by atoms with Gasteiger partial charge >= 0.3 is 0 Å². The van der Waals surface area contributed by atoms with Gasteiger partial charge in [0.05, 0.1) is 6.10 Å². The monoisotopic (exact) mass is 256 g/mol. The zero-order chi connectivity index (χ0) is 13.5. The number of benzene rings is 2. The zero-order valence-corrected chi connectivity index (χ0v) is 12.1. The molecule has 0 saturated heterocycles. The molecule has 1 heteroatoms. The molecule has 2 rings (SSSR count). The second-order valence-electron chi connectivity index (χ2n) is 5.29. The third-order valence-corrected chi connectivity index (χ3v) is 3.52. The van der Waals surface area contributed by atoms with Crippen molar-refractivity contribution in [3.63, 3.8) is 0 Å². The summed E-state index contributed by atoms with van der Waals surface area (Å²) in [5.41, 5.74) is 0. The van der Waals surface area contributed by atoms with Gasteiger partial charge in [0.2, 0.25) is 0 Å². The minimum Gasteiger partial charge on any atom is -0.491 e. The lowest BCUT2D eigenvalue weighted by molar-refractivity contribution is 0.206. The second-order valence-corrected chi connectivity index (χ2v) is 5.29. The van der Waals surface area contributed by atoms with Crippen LogP contribution in [0.15, 0.2) is 42.5 Å².